The third-order valence-electron chi connectivity index (χ3n) is 2.67. The van der Waals surface area contributed by atoms with Crippen LogP contribution in [0.25, 0.3) is 0 Å². The summed E-state index contributed by atoms with van der Waals surface area (Å²) in [6.07, 6.45) is 2.83. The maximum atomic E-state index is 9.02. The van der Waals surface area contributed by atoms with E-state index < -0.39 is 0 Å². The van der Waals surface area contributed by atoms with E-state index in [4.69, 9.17) is 16.0 Å². The van der Waals surface area contributed by atoms with Gasteiger partial charge in [0.2, 0.25) is 0 Å². The third kappa shape index (κ3) is 3.51. The molecule has 1 rings (SSSR count). The van der Waals surface area contributed by atoms with Gasteiger partial charge in [-0.3, -0.25) is 0 Å². The van der Waals surface area contributed by atoms with E-state index in [1.54, 1.807) is 0 Å². The van der Waals surface area contributed by atoms with Crippen molar-refractivity contribution in [1.29, 1.82) is 0 Å². The van der Waals surface area contributed by atoms with Gasteiger partial charge in [-0.15, -0.1) is 0 Å². The second-order valence-electron chi connectivity index (χ2n) is 3.83. The summed E-state index contributed by atoms with van der Waals surface area (Å²) in [5.41, 5.74) is 5.38. The maximum absolute atomic E-state index is 9.02. The van der Waals surface area contributed by atoms with Crippen molar-refractivity contribution in [2.75, 3.05) is 26.2 Å². The van der Waals surface area contributed by atoms with Gasteiger partial charge in [-0.2, -0.15) is 0 Å². The lowest BCUT2D eigenvalue weighted by Crippen LogP contribution is -2.38. The molecule has 0 aromatic rings. The monoisotopic (exact) mass is 201 g/mol. The van der Waals surface area contributed by atoms with Crippen molar-refractivity contribution in [3.8, 4) is 0 Å². The number of piperidine rings is 1. The number of rotatable bonds is 4. The minimum absolute atomic E-state index is 0.264. The number of aliphatic hydroxyl groups excluding tert-OH is 1. The van der Waals surface area contributed by atoms with Gasteiger partial charge in [0, 0.05) is 26.1 Å². The topological polar surface area (TPSA) is 82.1 Å². The Kier molecular flexibility index (Phi) is 4.69. The summed E-state index contributed by atoms with van der Waals surface area (Å²) in [6.45, 7) is 3.05. The Morgan fingerprint density at radius 1 is 1.57 bits per heavy atom. The van der Waals surface area contributed by atoms with Crippen LogP contribution in [0.15, 0.2) is 5.16 Å². The summed E-state index contributed by atoms with van der Waals surface area (Å²) < 4.78 is 0. The molecule has 0 aromatic heterocycles. The highest BCUT2D eigenvalue weighted by Gasteiger charge is 2.18. The predicted molar refractivity (Wildman–Crippen MR) is 54.3 cm³/mol. The largest absolute Gasteiger partial charge is 0.409 e. The molecular weight excluding hydrogens is 182 g/mol. The zero-order valence-electron chi connectivity index (χ0n) is 8.39. The minimum atomic E-state index is 0.264. The van der Waals surface area contributed by atoms with Crippen LogP contribution in [0.3, 0.4) is 0 Å². The lowest BCUT2D eigenvalue weighted by atomic mass is 9.99. The van der Waals surface area contributed by atoms with Gasteiger partial charge in [0.1, 0.15) is 5.84 Å². The molecule has 1 saturated heterocycles. The van der Waals surface area contributed by atoms with E-state index in [0.717, 1.165) is 32.5 Å². The van der Waals surface area contributed by atoms with E-state index in [2.05, 4.69) is 10.1 Å². The van der Waals surface area contributed by atoms with E-state index in [-0.39, 0.29) is 12.4 Å². The lowest BCUT2D eigenvalue weighted by Gasteiger charge is -2.31. The van der Waals surface area contributed by atoms with Gasteiger partial charge in [0.15, 0.2) is 0 Å². The predicted octanol–water partition coefficient (Wildman–Crippen LogP) is -0.173. The van der Waals surface area contributed by atoms with Crippen LogP contribution in [0.2, 0.25) is 0 Å². The Hall–Kier alpha value is -0.810. The van der Waals surface area contributed by atoms with Crippen molar-refractivity contribution in [1.82, 2.24) is 4.90 Å². The fourth-order valence-corrected chi connectivity index (χ4v) is 1.83. The first-order chi connectivity index (χ1) is 6.76. The van der Waals surface area contributed by atoms with Gasteiger partial charge in [-0.05, 0) is 25.3 Å². The van der Waals surface area contributed by atoms with Crippen molar-refractivity contribution in [2.24, 2.45) is 16.8 Å². The standard InChI is InChI=1S/C9H19N3O2/c10-9(11-14)3-5-12-4-1-2-8(6-12)7-13/h8,13-14H,1-7H2,(H2,10,11). The van der Waals surface area contributed by atoms with Crippen molar-refractivity contribution in [3.05, 3.63) is 0 Å². The van der Waals surface area contributed by atoms with Crippen LogP contribution in [0.1, 0.15) is 19.3 Å². The second kappa shape index (κ2) is 5.82. The fourth-order valence-electron chi connectivity index (χ4n) is 1.83. The van der Waals surface area contributed by atoms with Gasteiger partial charge in [-0.1, -0.05) is 5.16 Å². The molecule has 1 fully saturated rings. The average Bonchev–Trinajstić information content (AvgIpc) is 2.26. The van der Waals surface area contributed by atoms with Crippen LogP contribution in [0.4, 0.5) is 0 Å². The molecular formula is C9H19N3O2. The Morgan fingerprint density at radius 3 is 3.00 bits per heavy atom. The van der Waals surface area contributed by atoms with Crippen LogP contribution in [-0.4, -0.2) is 47.3 Å². The van der Waals surface area contributed by atoms with Gasteiger partial charge in [0.05, 0.1) is 0 Å². The van der Waals surface area contributed by atoms with E-state index in [1.807, 2.05) is 0 Å². The zero-order valence-corrected chi connectivity index (χ0v) is 8.39. The van der Waals surface area contributed by atoms with Crippen LogP contribution in [0, 0.1) is 5.92 Å². The van der Waals surface area contributed by atoms with Gasteiger partial charge in [0.25, 0.3) is 0 Å². The Balaban J connectivity index is 2.24. The Morgan fingerprint density at radius 2 is 2.36 bits per heavy atom. The molecule has 82 valence electrons. The second-order valence-corrected chi connectivity index (χ2v) is 3.83. The molecule has 5 heteroatoms. The van der Waals surface area contributed by atoms with Gasteiger partial charge >= 0.3 is 0 Å². The number of amidine groups is 1. The fraction of sp³-hybridized carbons (Fsp3) is 0.889. The summed E-state index contributed by atoms with van der Waals surface area (Å²) in [4.78, 5) is 2.25. The highest BCUT2D eigenvalue weighted by molar-refractivity contribution is 5.79. The van der Waals surface area contributed by atoms with Crippen LogP contribution < -0.4 is 5.73 Å². The summed E-state index contributed by atoms with van der Waals surface area (Å²) >= 11 is 0. The van der Waals surface area contributed by atoms with E-state index >= 15 is 0 Å². The molecule has 14 heavy (non-hydrogen) atoms. The molecule has 1 heterocycles. The third-order valence-corrected chi connectivity index (χ3v) is 2.67. The summed E-state index contributed by atoms with van der Waals surface area (Å²) in [7, 11) is 0. The van der Waals surface area contributed by atoms with Gasteiger partial charge in [-0.25, -0.2) is 0 Å². The number of likely N-dealkylation sites (tertiary alicyclic amines) is 1. The number of aliphatic hydroxyl groups is 1. The molecule has 4 N–H and O–H groups in total. The van der Waals surface area contributed by atoms with Crippen LogP contribution in [0.5, 0.6) is 0 Å². The summed E-state index contributed by atoms with van der Waals surface area (Å²) in [5.74, 6) is 0.673. The molecule has 0 amide bonds. The Labute approximate surface area is 84.2 Å². The maximum Gasteiger partial charge on any atom is 0.140 e. The highest BCUT2D eigenvalue weighted by Crippen LogP contribution is 2.15. The number of hydrogen-bond acceptors (Lipinski definition) is 4. The number of oxime groups is 1. The molecule has 1 unspecified atom stereocenters. The van der Waals surface area contributed by atoms with Crippen molar-refractivity contribution >= 4 is 5.84 Å². The molecule has 5 nitrogen and oxygen atoms in total. The first-order valence-corrected chi connectivity index (χ1v) is 5.06. The SMILES string of the molecule is N/C(CCN1CCCC(CO)C1)=N\O. The van der Waals surface area contributed by atoms with Crippen molar-refractivity contribution in [3.63, 3.8) is 0 Å². The Bertz CT molecular complexity index is 196. The molecule has 0 bridgehead atoms. The van der Waals surface area contributed by atoms with Crippen molar-refractivity contribution in [2.45, 2.75) is 19.3 Å². The molecule has 1 aliphatic rings. The van der Waals surface area contributed by atoms with Gasteiger partial charge < -0.3 is 20.9 Å². The number of hydrogen-bond donors (Lipinski definition) is 3. The molecule has 0 aromatic carbocycles. The van der Waals surface area contributed by atoms with E-state index in [1.165, 1.54) is 0 Å². The minimum Gasteiger partial charge on any atom is -0.409 e. The van der Waals surface area contributed by atoms with Crippen molar-refractivity contribution < 1.29 is 10.3 Å². The van der Waals surface area contributed by atoms with Crippen LogP contribution in [-0.2, 0) is 0 Å². The molecule has 0 aliphatic carbocycles. The quantitative estimate of drug-likeness (QED) is 0.255. The normalized spacial score (nSPS) is 25.2. The highest BCUT2D eigenvalue weighted by atomic mass is 16.4. The zero-order chi connectivity index (χ0) is 10.4. The molecule has 0 spiro atoms. The number of nitrogens with zero attached hydrogens (tertiary/aromatic N) is 2. The first-order valence-electron chi connectivity index (χ1n) is 5.06. The van der Waals surface area contributed by atoms with E-state index in [9.17, 15) is 0 Å². The molecule has 0 radical (unpaired) electrons. The average molecular weight is 201 g/mol. The molecule has 1 atom stereocenters. The van der Waals surface area contributed by atoms with E-state index in [0.29, 0.717) is 12.3 Å². The summed E-state index contributed by atoms with van der Waals surface area (Å²) in [6, 6.07) is 0. The molecule has 0 saturated carbocycles. The summed E-state index contributed by atoms with van der Waals surface area (Å²) in [5, 5.41) is 20.3. The smallest absolute Gasteiger partial charge is 0.140 e. The number of nitrogens with two attached hydrogens (primary N) is 1. The first kappa shape index (κ1) is 11.3. The lowest BCUT2D eigenvalue weighted by molar-refractivity contribution is 0.122. The van der Waals surface area contributed by atoms with Crippen LogP contribution >= 0.6 is 0 Å². The molecule has 1 aliphatic heterocycles.